The van der Waals surface area contributed by atoms with E-state index in [0.29, 0.717) is 37.4 Å². The molecule has 9 heteroatoms. The molecule has 0 radical (unpaired) electrons. The molecule has 1 aliphatic rings. The first-order chi connectivity index (χ1) is 13.0. The van der Waals surface area contributed by atoms with E-state index >= 15 is 0 Å². The van der Waals surface area contributed by atoms with Gasteiger partial charge in [-0.05, 0) is 31.5 Å². The van der Waals surface area contributed by atoms with Crippen molar-refractivity contribution in [3.8, 4) is 0 Å². The van der Waals surface area contributed by atoms with E-state index in [1.165, 1.54) is 11.3 Å². The number of rotatable bonds is 5. The van der Waals surface area contributed by atoms with E-state index in [2.05, 4.69) is 10.3 Å². The summed E-state index contributed by atoms with van der Waals surface area (Å²) in [6.07, 6.45) is 0.0790. The number of nitrogens with zero attached hydrogens (tertiary/aromatic N) is 2. The van der Waals surface area contributed by atoms with Gasteiger partial charge < -0.3 is 20.7 Å². The molecule has 7 nitrogen and oxygen atoms in total. The molecule has 2 unspecified atom stereocenters. The Morgan fingerprint density at radius 2 is 1.89 bits per heavy atom. The topological polar surface area (TPSA) is 97.6 Å². The van der Waals surface area contributed by atoms with Crippen molar-refractivity contribution in [2.75, 3.05) is 13.1 Å². The van der Waals surface area contributed by atoms with Crippen molar-refractivity contribution in [1.82, 2.24) is 15.2 Å². The number of benzene rings is 1. The van der Waals surface area contributed by atoms with Crippen LogP contribution in [0.1, 0.15) is 45.3 Å². The third-order valence-electron chi connectivity index (χ3n) is 4.32. The number of hydrogen-bond acceptors (Lipinski definition) is 6. The molecule has 28 heavy (non-hydrogen) atoms. The number of nitrogens with two attached hydrogens (primary N) is 1. The number of ether oxygens (including phenoxy) is 1. The minimum Gasteiger partial charge on any atom is -0.372 e. The fraction of sp³-hybridized carbons (Fsp3) is 0.421. The first-order valence-electron chi connectivity index (χ1n) is 8.92. The predicted octanol–water partition coefficient (Wildman–Crippen LogP) is 2.20. The summed E-state index contributed by atoms with van der Waals surface area (Å²) in [5.41, 5.74) is 7.44. The van der Waals surface area contributed by atoms with Crippen molar-refractivity contribution in [3.05, 3.63) is 51.5 Å². The highest BCUT2D eigenvalue weighted by molar-refractivity contribution is 7.09. The molecule has 2 atom stereocenters. The average molecular weight is 425 g/mol. The molecule has 1 aromatic carbocycles. The molecule has 3 rings (SSSR count). The molecule has 0 aliphatic carbocycles. The molecular formula is C19H25ClN4O3S. The predicted molar refractivity (Wildman–Crippen MR) is 111 cm³/mol. The maximum absolute atomic E-state index is 12.7. The van der Waals surface area contributed by atoms with Crippen molar-refractivity contribution in [3.63, 3.8) is 0 Å². The Balaban J connectivity index is 0.00000280. The van der Waals surface area contributed by atoms with Gasteiger partial charge in [-0.1, -0.05) is 12.1 Å². The van der Waals surface area contributed by atoms with Gasteiger partial charge in [-0.15, -0.1) is 23.7 Å². The lowest BCUT2D eigenvalue weighted by Crippen LogP contribution is -2.48. The fourth-order valence-electron chi connectivity index (χ4n) is 3.07. The zero-order valence-electron chi connectivity index (χ0n) is 15.9. The molecule has 1 fully saturated rings. The van der Waals surface area contributed by atoms with E-state index in [-0.39, 0.29) is 36.4 Å². The van der Waals surface area contributed by atoms with Gasteiger partial charge >= 0.3 is 0 Å². The standard InChI is InChI=1S/C19H24N4O3S.ClH/c1-12-9-23(10-13(2)26-12)19(25)15-5-3-14(4-6-15)8-21-18(24)16-11-27-17(7-20)22-16;/h3-6,11-13H,7-10,20H2,1-2H3,(H,21,24);1H. The van der Waals surface area contributed by atoms with Gasteiger partial charge in [-0.3, -0.25) is 9.59 Å². The Hall–Kier alpha value is -2.00. The highest BCUT2D eigenvalue weighted by atomic mass is 35.5. The molecule has 1 aliphatic heterocycles. The average Bonchev–Trinajstić information content (AvgIpc) is 3.14. The second-order valence-corrected chi connectivity index (χ2v) is 7.62. The second kappa shape index (κ2) is 9.97. The monoisotopic (exact) mass is 424 g/mol. The number of carbonyl (C=O) groups is 2. The van der Waals surface area contributed by atoms with Crippen LogP contribution < -0.4 is 11.1 Å². The Bertz CT molecular complexity index is 802. The molecule has 2 heterocycles. The van der Waals surface area contributed by atoms with Crippen molar-refractivity contribution < 1.29 is 14.3 Å². The molecule has 2 aromatic rings. The van der Waals surface area contributed by atoms with Gasteiger partial charge in [-0.2, -0.15) is 0 Å². The summed E-state index contributed by atoms with van der Waals surface area (Å²) >= 11 is 1.37. The van der Waals surface area contributed by atoms with Crippen molar-refractivity contribution in [2.45, 2.75) is 39.1 Å². The number of amides is 2. The summed E-state index contributed by atoms with van der Waals surface area (Å²) in [6, 6.07) is 7.30. The number of aromatic nitrogens is 1. The third kappa shape index (κ3) is 5.51. The quantitative estimate of drug-likeness (QED) is 0.766. The lowest BCUT2D eigenvalue weighted by molar-refractivity contribution is -0.0586. The van der Waals surface area contributed by atoms with Gasteiger partial charge in [-0.25, -0.2) is 4.98 Å². The van der Waals surface area contributed by atoms with Crippen molar-refractivity contribution >= 4 is 35.6 Å². The fourth-order valence-corrected chi connectivity index (χ4v) is 3.73. The molecular weight excluding hydrogens is 400 g/mol. The van der Waals surface area contributed by atoms with Crippen LogP contribution in [-0.2, 0) is 17.8 Å². The van der Waals surface area contributed by atoms with Gasteiger partial charge in [0.1, 0.15) is 10.7 Å². The summed E-state index contributed by atoms with van der Waals surface area (Å²) in [5, 5.41) is 5.26. The van der Waals surface area contributed by atoms with E-state index in [1.807, 2.05) is 30.9 Å². The summed E-state index contributed by atoms with van der Waals surface area (Å²) in [5.74, 6) is -0.230. The van der Waals surface area contributed by atoms with Gasteiger partial charge in [0.25, 0.3) is 11.8 Å². The first kappa shape index (κ1) is 22.3. The van der Waals surface area contributed by atoms with Crippen LogP contribution in [0.15, 0.2) is 29.6 Å². The number of nitrogens with one attached hydrogen (secondary N) is 1. The number of carbonyl (C=O) groups excluding carboxylic acids is 2. The van der Waals surface area contributed by atoms with Crippen LogP contribution in [0.4, 0.5) is 0 Å². The third-order valence-corrected chi connectivity index (χ3v) is 5.19. The summed E-state index contributed by atoms with van der Waals surface area (Å²) in [6.45, 7) is 5.84. The number of morpholine rings is 1. The van der Waals surface area contributed by atoms with E-state index in [4.69, 9.17) is 10.5 Å². The van der Waals surface area contributed by atoms with E-state index in [0.717, 1.165) is 10.6 Å². The van der Waals surface area contributed by atoms with Crippen LogP contribution in [0.25, 0.3) is 0 Å². The maximum atomic E-state index is 12.7. The number of hydrogen-bond donors (Lipinski definition) is 2. The van der Waals surface area contributed by atoms with Crippen molar-refractivity contribution in [1.29, 1.82) is 0 Å². The molecule has 3 N–H and O–H groups in total. The SMILES string of the molecule is CC1CN(C(=O)c2ccc(CNC(=O)c3csc(CN)n3)cc2)CC(C)O1.Cl. The molecule has 0 bridgehead atoms. The Morgan fingerprint density at radius 3 is 2.46 bits per heavy atom. The van der Waals surface area contributed by atoms with Gasteiger partial charge in [0.2, 0.25) is 0 Å². The minimum absolute atomic E-state index is 0. The lowest BCUT2D eigenvalue weighted by atomic mass is 10.1. The Labute approximate surface area is 174 Å². The Morgan fingerprint density at radius 1 is 1.25 bits per heavy atom. The van der Waals surface area contributed by atoms with Gasteiger partial charge in [0.15, 0.2) is 0 Å². The number of thiazole rings is 1. The lowest BCUT2D eigenvalue weighted by Gasteiger charge is -2.35. The molecule has 0 saturated carbocycles. The molecule has 2 amide bonds. The van der Waals surface area contributed by atoms with Crippen LogP contribution in [0.3, 0.4) is 0 Å². The normalized spacial score (nSPS) is 19.0. The number of halogens is 1. The van der Waals surface area contributed by atoms with Gasteiger partial charge in [0.05, 0.1) is 12.2 Å². The van der Waals surface area contributed by atoms with Crippen LogP contribution >= 0.6 is 23.7 Å². The largest absolute Gasteiger partial charge is 0.372 e. The smallest absolute Gasteiger partial charge is 0.271 e. The van der Waals surface area contributed by atoms with Crippen LogP contribution in [-0.4, -0.2) is 47.0 Å². The minimum atomic E-state index is -0.234. The van der Waals surface area contributed by atoms with Gasteiger partial charge in [0, 0.05) is 37.1 Å². The first-order valence-corrected chi connectivity index (χ1v) is 9.80. The Kier molecular flexibility index (Phi) is 7.94. The molecule has 1 saturated heterocycles. The van der Waals surface area contributed by atoms with Crippen molar-refractivity contribution in [2.24, 2.45) is 5.73 Å². The molecule has 152 valence electrons. The maximum Gasteiger partial charge on any atom is 0.271 e. The summed E-state index contributed by atoms with van der Waals surface area (Å²) < 4.78 is 5.68. The van der Waals surface area contributed by atoms with Crippen LogP contribution in [0.2, 0.25) is 0 Å². The zero-order chi connectivity index (χ0) is 19.4. The van der Waals surface area contributed by atoms with Crippen LogP contribution in [0.5, 0.6) is 0 Å². The van der Waals surface area contributed by atoms with E-state index in [1.54, 1.807) is 17.5 Å². The second-order valence-electron chi connectivity index (χ2n) is 6.68. The zero-order valence-corrected chi connectivity index (χ0v) is 17.5. The highest BCUT2D eigenvalue weighted by Gasteiger charge is 2.26. The summed E-state index contributed by atoms with van der Waals surface area (Å²) in [7, 11) is 0. The van der Waals surface area contributed by atoms with Crippen LogP contribution in [0, 0.1) is 0 Å². The molecule has 1 aromatic heterocycles. The van der Waals surface area contributed by atoms with E-state index in [9.17, 15) is 9.59 Å². The van der Waals surface area contributed by atoms with E-state index < -0.39 is 0 Å². The highest BCUT2D eigenvalue weighted by Crippen LogP contribution is 2.15. The molecule has 0 spiro atoms. The summed E-state index contributed by atoms with van der Waals surface area (Å²) in [4.78, 5) is 30.8.